The predicted molar refractivity (Wildman–Crippen MR) is 51.6 cm³/mol. The summed E-state index contributed by atoms with van der Waals surface area (Å²) in [5.41, 5.74) is 7.91. The van der Waals surface area contributed by atoms with Crippen molar-refractivity contribution in [2.75, 3.05) is 18.2 Å². The Morgan fingerprint density at radius 1 is 1.54 bits per heavy atom. The summed E-state index contributed by atoms with van der Waals surface area (Å²) in [6.45, 7) is 1.90. The van der Waals surface area contributed by atoms with Crippen LogP contribution in [0.1, 0.15) is 5.56 Å². The van der Waals surface area contributed by atoms with Gasteiger partial charge in [0.2, 0.25) is 0 Å². The summed E-state index contributed by atoms with van der Waals surface area (Å²) in [6, 6.07) is 5.29. The third kappa shape index (κ3) is 2.37. The van der Waals surface area contributed by atoms with Crippen molar-refractivity contribution in [2.45, 2.75) is 6.92 Å². The van der Waals surface area contributed by atoms with E-state index in [0.717, 1.165) is 5.56 Å². The lowest BCUT2D eigenvalue weighted by atomic mass is 10.2. The first kappa shape index (κ1) is 9.38. The zero-order valence-corrected chi connectivity index (χ0v) is 7.63. The van der Waals surface area contributed by atoms with E-state index in [1.807, 2.05) is 13.0 Å². The van der Waals surface area contributed by atoms with E-state index in [0.29, 0.717) is 11.4 Å². The zero-order chi connectivity index (χ0) is 9.84. The fraction of sp³-hybridized carbons (Fsp3) is 0.222. The molecule has 0 aliphatic rings. The Morgan fingerprint density at radius 3 is 2.77 bits per heavy atom. The largest absolute Gasteiger partial charge is 0.453 e. The van der Waals surface area contributed by atoms with Gasteiger partial charge in [0.1, 0.15) is 0 Å². The topological polar surface area (TPSA) is 64.3 Å². The van der Waals surface area contributed by atoms with E-state index < -0.39 is 6.09 Å². The Morgan fingerprint density at radius 2 is 2.23 bits per heavy atom. The third-order valence-corrected chi connectivity index (χ3v) is 1.71. The SMILES string of the molecule is COC(=O)Nc1ccc(C)c(N)c1. The average Bonchev–Trinajstić information content (AvgIpc) is 2.11. The van der Waals surface area contributed by atoms with Gasteiger partial charge < -0.3 is 10.5 Å². The first-order valence-electron chi connectivity index (χ1n) is 3.84. The number of benzene rings is 1. The Kier molecular flexibility index (Phi) is 2.74. The van der Waals surface area contributed by atoms with Crippen molar-refractivity contribution in [3.05, 3.63) is 23.8 Å². The van der Waals surface area contributed by atoms with Crippen molar-refractivity contribution >= 4 is 17.5 Å². The van der Waals surface area contributed by atoms with Crippen molar-refractivity contribution in [3.63, 3.8) is 0 Å². The molecular formula is C9H12N2O2. The molecule has 0 aliphatic heterocycles. The number of ether oxygens (including phenoxy) is 1. The Balaban J connectivity index is 2.79. The standard InChI is InChI=1S/C9H12N2O2/c1-6-3-4-7(5-8(6)10)11-9(12)13-2/h3-5H,10H2,1-2H3,(H,11,12). The second kappa shape index (κ2) is 3.80. The number of amides is 1. The molecule has 3 N–H and O–H groups in total. The minimum atomic E-state index is -0.497. The van der Waals surface area contributed by atoms with Crippen LogP contribution in [-0.4, -0.2) is 13.2 Å². The number of carbonyl (C=O) groups excluding carboxylic acids is 1. The summed E-state index contributed by atoms with van der Waals surface area (Å²) >= 11 is 0. The molecule has 13 heavy (non-hydrogen) atoms. The molecule has 1 amide bonds. The maximum absolute atomic E-state index is 10.8. The Labute approximate surface area is 76.7 Å². The van der Waals surface area contributed by atoms with Crippen LogP contribution in [0.5, 0.6) is 0 Å². The van der Waals surface area contributed by atoms with Crippen LogP contribution < -0.4 is 11.1 Å². The maximum atomic E-state index is 10.8. The number of hydrogen-bond acceptors (Lipinski definition) is 3. The fourth-order valence-electron chi connectivity index (χ4n) is 0.887. The predicted octanol–water partition coefficient (Wildman–Crippen LogP) is 1.76. The molecule has 1 aromatic rings. The lowest BCUT2D eigenvalue weighted by Crippen LogP contribution is -2.11. The van der Waals surface area contributed by atoms with Gasteiger partial charge in [0.15, 0.2) is 0 Å². The number of anilines is 2. The molecule has 0 heterocycles. The molecule has 4 heteroatoms. The van der Waals surface area contributed by atoms with E-state index in [1.54, 1.807) is 12.1 Å². The van der Waals surface area contributed by atoms with Crippen LogP contribution in [0.4, 0.5) is 16.2 Å². The van der Waals surface area contributed by atoms with Gasteiger partial charge in [0.05, 0.1) is 7.11 Å². The maximum Gasteiger partial charge on any atom is 0.411 e. The van der Waals surface area contributed by atoms with Gasteiger partial charge in [-0.05, 0) is 24.6 Å². The van der Waals surface area contributed by atoms with Crippen LogP contribution >= 0.6 is 0 Å². The van der Waals surface area contributed by atoms with E-state index in [-0.39, 0.29) is 0 Å². The van der Waals surface area contributed by atoms with Crippen molar-refractivity contribution in [3.8, 4) is 0 Å². The highest BCUT2D eigenvalue weighted by Gasteiger charge is 2.01. The van der Waals surface area contributed by atoms with Crippen molar-refractivity contribution in [1.29, 1.82) is 0 Å². The first-order chi connectivity index (χ1) is 6.13. The minimum absolute atomic E-state index is 0.497. The van der Waals surface area contributed by atoms with E-state index in [2.05, 4.69) is 10.1 Å². The van der Waals surface area contributed by atoms with Crippen molar-refractivity contribution in [2.24, 2.45) is 0 Å². The van der Waals surface area contributed by atoms with Crippen LogP contribution in [0.15, 0.2) is 18.2 Å². The summed E-state index contributed by atoms with van der Waals surface area (Å²) in [5.74, 6) is 0. The van der Waals surface area contributed by atoms with Gasteiger partial charge in [-0.1, -0.05) is 6.07 Å². The molecule has 70 valence electrons. The van der Waals surface area contributed by atoms with Crippen LogP contribution in [0.3, 0.4) is 0 Å². The van der Waals surface area contributed by atoms with Gasteiger partial charge in [-0.25, -0.2) is 4.79 Å². The van der Waals surface area contributed by atoms with E-state index in [4.69, 9.17) is 5.73 Å². The number of nitrogen functional groups attached to an aromatic ring is 1. The van der Waals surface area contributed by atoms with Gasteiger partial charge >= 0.3 is 6.09 Å². The highest BCUT2D eigenvalue weighted by Crippen LogP contribution is 2.16. The zero-order valence-electron chi connectivity index (χ0n) is 7.63. The molecule has 0 saturated heterocycles. The number of carbonyl (C=O) groups is 1. The summed E-state index contributed by atoms with van der Waals surface area (Å²) in [7, 11) is 1.31. The smallest absolute Gasteiger partial charge is 0.411 e. The molecule has 0 unspecified atom stereocenters. The van der Waals surface area contributed by atoms with E-state index in [9.17, 15) is 4.79 Å². The second-order valence-corrected chi connectivity index (χ2v) is 2.69. The highest BCUT2D eigenvalue weighted by atomic mass is 16.5. The summed E-state index contributed by atoms with van der Waals surface area (Å²) < 4.78 is 4.43. The summed E-state index contributed by atoms with van der Waals surface area (Å²) in [6.07, 6.45) is -0.497. The molecule has 0 spiro atoms. The molecule has 0 radical (unpaired) electrons. The molecular weight excluding hydrogens is 168 g/mol. The van der Waals surface area contributed by atoms with Crippen LogP contribution in [-0.2, 0) is 4.74 Å². The first-order valence-corrected chi connectivity index (χ1v) is 3.84. The number of rotatable bonds is 1. The Bertz CT molecular complexity index is 323. The molecule has 0 aromatic heterocycles. The molecule has 0 atom stereocenters. The third-order valence-electron chi connectivity index (χ3n) is 1.71. The van der Waals surface area contributed by atoms with E-state index in [1.165, 1.54) is 7.11 Å². The molecule has 0 aliphatic carbocycles. The monoisotopic (exact) mass is 180 g/mol. The van der Waals surface area contributed by atoms with Gasteiger partial charge in [0.25, 0.3) is 0 Å². The van der Waals surface area contributed by atoms with Crippen LogP contribution in [0.25, 0.3) is 0 Å². The van der Waals surface area contributed by atoms with Crippen molar-refractivity contribution in [1.82, 2.24) is 0 Å². The molecule has 0 fully saturated rings. The highest BCUT2D eigenvalue weighted by molar-refractivity contribution is 5.85. The van der Waals surface area contributed by atoms with Crippen LogP contribution in [0, 0.1) is 6.92 Å². The Hall–Kier alpha value is -1.71. The number of hydrogen-bond donors (Lipinski definition) is 2. The van der Waals surface area contributed by atoms with Gasteiger partial charge in [-0.15, -0.1) is 0 Å². The molecule has 0 saturated carbocycles. The molecule has 1 rings (SSSR count). The fourth-order valence-corrected chi connectivity index (χ4v) is 0.887. The van der Waals surface area contributed by atoms with E-state index >= 15 is 0 Å². The molecule has 1 aromatic carbocycles. The number of aryl methyl sites for hydroxylation is 1. The number of nitrogens with one attached hydrogen (secondary N) is 1. The second-order valence-electron chi connectivity index (χ2n) is 2.69. The molecule has 0 bridgehead atoms. The summed E-state index contributed by atoms with van der Waals surface area (Å²) in [4.78, 5) is 10.8. The minimum Gasteiger partial charge on any atom is -0.453 e. The average molecular weight is 180 g/mol. The van der Waals surface area contributed by atoms with Gasteiger partial charge in [-0.3, -0.25) is 5.32 Å². The lowest BCUT2D eigenvalue weighted by molar-refractivity contribution is 0.187. The normalized spacial score (nSPS) is 9.38. The molecule has 4 nitrogen and oxygen atoms in total. The quantitative estimate of drug-likeness (QED) is 0.647. The van der Waals surface area contributed by atoms with Crippen LogP contribution in [0.2, 0.25) is 0 Å². The summed E-state index contributed by atoms with van der Waals surface area (Å²) in [5, 5.41) is 2.52. The number of methoxy groups -OCH3 is 1. The van der Waals surface area contributed by atoms with Crippen molar-refractivity contribution < 1.29 is 9.53 Å². The number of nitrogens with two attached hydrogens (primary N) is 1. The lowest BCUT2D eigenvalue weighted by Gasteiger charge is -2.05. The van der Waals surface area contributed by atoms with Gasteiger partial charge in [-0.2, -0.15) is 0 Å². The van der Waals surface area contributed by atoms with Gasteiger partial charge in [0, 0.05) is 11.4 Å².